The van der Waals surface area contributed by atoms with Gasteiger partial charge >= 0.3 is 0 Å². The van der Waals surface area contributed by atoms with Gasteiger partial charge in [0.1, 0.15) is 6.54 Å². The molecule has 0 bridgehead atoms. The number of ether oxygens (including phenoxy) is 2. The molecule has 6 nitrogen and oxygen atoms in total. The molecule has 2 aromatic rings. The van der Waals surface area contributed by atoms with Crippen molar-refractivity contribution in [2.75, 3.05) is 26.6 Å². The zero-order valence-electron chi connectivity index (χ0n) is 16.5. The molecule has 0 aromatic heterocycles. The fourth-order valence-corrected chi connectivity index (χ4v) is 2.81. The minimum atomic E-state index is -0.284. The van der Waals surface area contributed by atoms with Crippen molar-refractivity contribution in [3.8, 4) is 11.5 Å². The molecule has 1 unspecified atom stereocenters. The van der Waals surface area contributed by atoms with Crippen LogP contribution in [0.5, 0.6) is 11.5 Å². The molecule has 0 saturated heterocycles. The van der Waals surface area contributed by atoms with Crippen LogP contribution in [0.4, 0.5) is 5.69 Å². The van der Waals surface area contributed by atoms with E-state index < -0.39 is 0 Å². The summed E-state index contributed by atoms with van der Waals surface area (Å²) >= 11 is 0. The number of carbonyl (C=O) groups excluding carboxylic acids is 2. The highest BCUT2D eigenvalue weighted by Gasteiger charge is 2.24. The lowest BCUT2D eigenvalue weighted by Gasteiger charge is -2.22. The molecule has 0 saturated carbocycles. The van der Waals surface area contributed by atoms with Gasteiger partial charge in [-0.1, -0.05) is 6.07 Å². The van der Waals surface area contributed by atoms with Crippen LogP contribution in [-0.2, 0) is 11.3 Å². The zero-order chi connectivity index (χ0) is 20.0. The minimum Gasteiger partial charge on any atom is -0.493 e. The first-order chi connectivity index (χ1) is 12.9. The predicted octanol–water partition coefficient (Wildman–Crippen LogP) is 1.95. The standard InChI is InChI=1S/C21H26N2O4/c1-14(21(25)22-18-11-9-16(10-12-18)15(2)24)23(3)13-17-7-6-8-19(26-4)20(17)27-5/h6-12,14H,13H2,1-5H3,(H,22,25)/p+1/t14-/m0/s1. The SMILES string of the molecule is COc1cccc(C[NH+](C)[C@@H](C)C(=O)Nc2ccc(C(C)=O)cc2)c1OC. The van der Waals surface area contributed by atoms with Crippen molar-refractivity contribution in [2.45, 2.75) is 26.4 Å². The number of methoxy groups -OCH3 is 2. The van der Waals surface area contributed by atoms with E-state index in [0.717, 1.165) is 10.5 Å². The van der Waals surface area contributed by atoms with Gasteiger partial charge in [-0.05, 0) is 50.2 Å². The number of nitrogens with one attached hydrogen (secondary N) is 2. The third-order valence-corrected chi connectivity index (χ3v) is 4.65. The number of para-hydroxylation sites is 1. The minimum absolute atomic E-state index is 0.00217. The van der Waals surface area contributed by atoms with Gasteiger partial charge in [0.25, 0.3) is 5.91 Å². The van der Waals surface area contributed by atoms with Crippen molar-refractivity contribution in [3.63, 3.8) is 0 Å². The number of Topliss-reactive ketones (excluding diaryl/α,β-unsaturated/α-hetero) is 1. The maximum Gasteiger partial charge on any atom is 0.282 e. The molecule has 0 aliphatic rings. The number of quaternary nitrogens is 1. The number of hydrogen-bond donors (Lipinski definition) is 2. The molecular weight excluding hydrogens is 344 g/mol. The number of likely N-dealkylation sites (N-methyl/N-ethyl adjacent to an activating group) is 1. The van der Waals surface area contributed by atoms with E-state index in [1.54, 1.807) is 38.5 Å². The monoisotopic (exact) mass is 371 g/mol. The van der Waals surface area contributed by atoms with Crippen LogP contribution in [0.1, 0.15) is 29.8 Å². The fraction of sp³-hybridized carbons (Fsp3) is 0.333. The topological polar surface area (TPSA) is 69.1 Å². The molecule has 0 heterocycles. The Kier molecular flexibility index (Phi) is 6.96. The number of carbonyl (C=O) groups is 2. The Hall–Kier alpha value is -2.86. The van der Waals surface area contributed by atoms with E-state index in [4.69, 9.17) is 9.47 Å². The van der Waals surface area contributed by atoms with Gasteiger partial charge in [0, 0.05) is 11.3 Å². The van der Waals surface area contributed by atoms with Crippen LogP contribution in [0.25, 0.3) is 0 Å². The third kappa shape index (κ3) is 5.08. The second kappa shape index (κ2) is 9.19. The molecule has 2 rings (SSSR count). The van der Waals surface area contributed by atoms with E-state index in [0.29, 0.717) is 29.3 Å². The van der Waals surface area contributed by atoms with Crippen LogP contribution < -0.4 is 19.7 Å². The Labute approximate surface area is 160 Å². The molecule has 2 N–H and O–H groups in total. The van der Waals surface area contributed by atoms with E-state index in [1.807, 2.05) is 32.2 Å². The number of ketones is 1. The highest BCUT2D eigenvalue weighted by Crippen LogP contribution is 2.30. The first-order valence-corrected chi connectivity index (χ1v) is 8.81. The largest absolute Gasteiger partial charge is 0.493 e. The van der Waals surface area contributed by atoms with Gasteiger partial charge in [-0.25, -0.2) is 0 Å². The fourth-order valence-electron chi connectivity index (χ4n) is 2.81. The summed E-state index contributed by atoms with van der Waals surface area (Å²) in [6.07, 6.45) is 0. The highest BCUT2D eigenvalue weighted by molar-refractivity contribution is 5.96. The van der Waals surface area contributed by atoms with E-state index >= 15 is 0 Å². The molecule has 1 amide bonds. The van der Waals surface area contributed by atoms with Crippen molar-refractivity contribution in [1.29, 1.82) is 0 Å². The lowest BCUT2D eigenvalue weighted by Crippen LogP contribution is -3.12. The van der Waals surface area contributed by atoms with Crippen LogP contribution in [0.15, 0.2) is 42.5 Å². The number of anilines is 1. The number of amides is 1. The molecular formula is C21H27N2O4+. The molecule has 0 aliphatic heterocycles. The van der Waals surface area contributed by atoms with Crippen molar-refractivity contribution in [2.24, 2.45) is 0 Å². The van der Waals surface area contributed by atoms with Crippen LogP contribution in [-0.4, -0.2) is 39.0 Å². The third-order valence-electron chi connectivity index (χ3n) is 4.65. The molecule has 0 aliphatic carbocycles. The Morgan fingerprint density at radius 3 is 2.30 bits per heavy atom. The van der Waals surface area contributed by atoms with Gasteiger partial charge in [0.2, 0.25) is 0 Å². The number of benzene rings is 2. The maximum absolute atomic E-state index is 12.6. The number of hydrogen-bond acceptors (Lipinski definition) is 4. The molecule has 2 atom stereocenters. The van der Waals surface area contributed by atoms with Gasteiger partial charge in [-0.3, -0.25) is 9.59 Å². The average molecular weight is 371 g/mol. The summed E-state index contributed by atoms with van der Waals surface area (Å²) in [6, 6.07) is 12.3. The summed E-state index contributed by atoms with van der Waals surface area (Å²) in [5, 5.41) is 2.90. The van der Waals surface area contributed by atoms with E-state index in [-0.39, 0.29) is 17.7 Å². The first kappa shape index (κ1) is 20.5. The lowest BCUT2D eigenvalue weighted by molar-refractivity contribution is -0.907. The van der Waals surface area contributed by atoms with Gasteiger partial charge in [0.15, 0.2) is 23.3 Å². The summed E-state index contributed by atoms with van der Waals surface area (Å²) < 4.78 is 10.8. The van der Waals surface area contributed by atoms with Crippen molar-refractivity contribution < 1.29 is 24.0 Å². The quantitative estimate of drug-likeness (QED) is 0.696. The molecule has 6 heteroatoms. The van der Waals surface area contributed by atoms with Gasteiger partial charge in [-0.2, -0.15) is 0 Å². The van der Waals surface area contributed by atoms with E-state index in [1.165, 1.54) is 6.92 Å². The zero-order valence-corrected chi connectivity index (χ0v) is 16.5. The van der Waals surface area contributed by atoms with Crippen molar-refractivity contribution in [3.05, 3.63) is 53.6 Å². The van der Waals surface area contributed by atoms with E-state index in [2.05, 4.69) is 5.32 Å². The summed E-state index contributed by atoms with van der Waals surface area (Å²) in [4.78, 5) is 24.9. The van der Waals surface area contributed by atoms with Crippen LogP contribution in [0.2, 0.25) is 0 Å². The molecule has 0 fully saturated rings. The van der Waals surface area contributed by atoms with Crippen LogP contribution >= 0.6 is 0 Å². The Morgan fingerprint density at radius 2 is 1.74 bits per heavy atom. The highest BCUT2D eigenvalue weighted by atomic mass is 16.5. The summed E-state index contributed by atoms with van der Waals surface area (Å²) in [5.41, 5.74) is 2.26. The summed E-state index contributed by atoms with van der Waals surface area (Å²) in [7, 11) is 5.17. The molecule has 0 radical (unpaired) electrons. The molecule has 144 valence electrons. The van der Waals surface area contributed by atoms with Gasteiger partial charge < -0.3 is 19.7 Å². The second-order valence-electron chi connectivity index (χ2n) is 6.52. The number of rotatable bonds is 8. The lowest BCUT2D eigenvalue weighted by atomic mass is 10.1. The van der Waals surface area contributed by atoms with Crippen LogP contribution in [0, 0.1) is 0 Å². The maximum atomic E-state index is 12.6. The molecule has 0 spiro atoms. The normalized spacial score (nSPS) is 12.8. The van der Waals surface area contributed by atoms with E-state index in [9.17, 15) is 9.59 Å². The predicted molar refractivity (Wildman–Crippen MR) is 105 cm³/mol. The molecule has 2 aromatic carbocycles. The Bertz CT molecular complexity index is 802. The first-order valence-electron chi connectivity index (χ1n) is 8.81. The summed E-state index contributed by atoms with van der Waals surface area (Å²) in [5.74, 6) is 1.26. The smallest absolute Gasteiger partial charge is 0.282 e. The van der Waals surface area contributed by atoms with Crippen molar-refractivity contribution >= 4 is 17.4 Å². The van der Waals surface area contributed by atoms with Crippen molar-refractivity contribution in [1.82, 2.24) is 0 Å². The average Bonchev–Trinajstić information content (AvgIpc) is 2.67. The second-order valence-corrected chi connectivity index (χ2v) is 6.52. The van der Waals surface area contributed by atoms with Crippen LogP contribution in [0.3, 0.4) is 0 Å². The van der Waals surface area contributed by atoms with Gasteiger partial charge in [-0.15, -0.1) is 0 Å². The Morgan fingerprint density at radius 1 is 1.07 bits per heavy atom. The Balaban J connectivity index is 2.05. The van der Waals surface area contributed by atoms with Gasteiger partial charge in [0.05, 0.1) is 26.8 Å². The summed E-state index contributed by atoms with van der Waals surface area (Å²) in [6.45, 7) is 4.00. The molecule has 27 heavy (non-hydrogen) atoms.